The maximum absolute atomic E-state index is 14.9. The van der Waals surface area contributed by atoms with Crippen LogP contribution in [0.15, 0.2) is 50.1 Å². The second-order valence-corrected chi connectivity index (χ2v) is 8.10. The molecule has 2 aliphatic heterocycles. The third-order valence-corrected chi connectivity index (χ3v) is 4.79. The summed E-state index contributed by atoms with van der Waals surface area (Å²) in [5.41, 5.74) is -3.98. The van der Waals surface area contributed by atoms with Gasteiger partial charge in [0.15, 0.2) is 17.3 Å². The van der Waals surface area contributed by atoms with Gasteiger partial charge in [-0.05, 0) is 6.08 Å². The van der Waals surface area contributed by atoms with Gasteiger partial charge in [-0.15, -0.1) is 19.7 Å². The Kier molecular flexibility index (Phi) is 12.5. The zero-order valence-corrected chi connectivity index (χ0v) is 20.5. The standard InChI is InChI=1S/C23H30F4O11/c1-4-9-32-35-15-21(38-34-11-6-3)14-30-16-22(24,25)19(21)36-23(26,27)17-29-12-20(37-33-10-5-2)8-7-18(28)31-13-20/h4-8,19H,1-3,9-17H2. The molecular weight excluding hydrogens is 528 g/mol. The van der Waals surface area contributed by atoms with E-state index in [0.717, 1.165) is 6.08 Å². The van der Waals surface area contributed by atoms with Gasteiger partial charge >= 0.3 is 12.1 Å². The maximum Gasteiger partial charge on any atom is 0.379 e. The molecule has 1 saturated heterocycles. The van der Waals surface area contributed by atoms with Gasteiger partial charge in [0.1, 0.15) is 46.2 Å². The normalized spacial score (nSPS) is 27.1. The van der Waals surface area contributed by atoms with E-state index in [1.54, 1.807) is 0 Å². The number of halogens is 4. The first-order valence-electron chi connectivity index (χ1n) is 11.2. The highest BCUT2D eigenvalue weighted by Gasteiger charge is 2.63. The van der Waals surface area contributed by atoms with E-state index in [4.69, 9.17) is 43.5 Å². The number of rotatable bonds is 19. The van der Waals surface area contributed by atoms with Crippen molar-refractivity contribution >= 4 is 5.97 Å². The predicted octanol–water partition coefficient (Wildman–Crippen LogP) is 2.64. The molecule has 0 spiro atoms. The van der Waals surface area contributed by atoms with Gasteiger partial charge in [-0.2, -0.15) is 8.78 Å². The Bertz CT molecular complexity index is 825. The molecule has 0 aromatic rings. The van der Waals surface area contributed by atoms with E-state index >= 15 is 0 Å². The largest absolute Gasteiger partial charge is 0.459 e. The average molecular weight is 558 g/mol. The number of alkyl halides is 4. The van der Waals surface area contributed by atoms with Crippen LogP contribution in [0.2, 0.25) is 0 Å². The van der Waals surface area contributed by atoms with Crippen LogP contribution in [0.1, 0.15) is 0 Å². The number of hydrogen-bond donors (Lipinski definition) is 0. The van der Waals surface area contributed by atoms with Crippen molar-refractivity contribution in [2.45, 2.75) is 29.3 Å². The van der Waals surface area contributed by atoms with E-state index in [-0.39, 0.29) is 19.8 Å². The fourth-order valence-corrected chi connectivity index (χ4v) is 3.16. The van der Waals surface area contributed by atoms with Gasteiger partial charge in [-0.25, -0.2) is 42.9 Å². The van der Waals surface area contributed by atoms with E-state index in [9.17, 15) is 22.4 Å². The lowest BCUT2D eigenvalue weighted by molar-refractivity contribution is -0.460. The van der Waals surface area contributed by atoms with Gasteiger partial charge in [0.2, 0.25) is 0 Å². The summed E-state index contributed by atoms with van der Waals surface area (Å²) in [5, 5.41) is 0. The molecule has 3 unspecified atom stereocenters. The molecule has 3 atom stereocenters. The summed E-state index contributed by atoms with van der Waals surface area (Å²) in [6.07, 6.45) is -0.864. The van der Waals surface area contributed by atoms with Gasteiger partial charge in [0.05, 0.1) is 13.2 Å². The molecule has 2 rings (SSSR count). The zero-order valence-electron chi connectivity index (χ0n) is 20.5. The topological polar surface area (TPSA) is 109 Å². The summed E-state index contributed by atoms with van der Waals surface area (Å²) in [6, 6.07) is 0. The van der Waals surface area contributed by atoms with Crippen molar-refractivity contribution < 1.29 is 70.6 Å². The summed E-state index contributed by atoms with van der Waals surface area (Å²) in [5.74, 6) is -4.68. The van der Waals surface area contributed by atoms with Crippen molar-refractivity contribution in [1.82, 2.24) is 0 Å². The highest BCUT2D eigenvalue weighted by Crippen LogP contribution is 2.40. The van der Waals surface area contributed by atoms with E-state index in [2.05, 4.69) is 24.5 Å². The molecular formula is C23H30F4O11. The lowest BCUT2D eigenvalue weighted by Crippen LogP contribution is -2.67. The highest BCUT2D eigenvalue weighted by atomic mass is 19.3. The third-order valence-electron chi connectivity index (χ3n) is 4.79. The molecule has 2 aliphatic rings. The molecule has 0 aliphatic carbocycles. The minimum Gasteiger partial charge on any atom is -0.459 e. The van der Waals surface area contributed by atoms with Crippen LogP contribution in [0.3, 0.4) is 0 Å². The Hall–Kier alpha value is -2.21. The van der Waals surface area contributed by atoms with Crippen LogP contribution in [0.25, 0.3) is 0 Å². The minimum atomic E-state index is -4.29. The lowest BCUT2D eigenvalue weighted by Gasteiger charge is -2.45. The first kappa shape index (κ1) is 32.0. The molecule has 15 heteroatoms. The molecule has 216 valence electrons. The van der Waals surface area contributed by atoms with E-state index in [1.165, 1.54) is 24.3 Å². The van der Waals surface area contributed by atoms with Gasteiger partial charge in [-0.3, -0.25) is 0 Å². The molecule has 0 radical (unpaired) electrons. The lowest BCUT2D eigenvalue weighted by atomic mass is 9.91. The summed E-state index contributed by atoms with van der Waals surface area (Å²) in [6.45, 7) is 4.40. The van der Waals surface area contributed by atoms with Crippen LogP contribution in [0, 0.1) is 0 Å². The summed E-state index contributed by atoms with van der Waals surface area (Å²) in [4.78, 5) is 40.8. The van der Waals surface area contributed by atoms with Crippen LogP contribution in [-0.2, 0) is 53.1 Å². The molecule has 11 nitrogen and oxygen atoms in total. The third kappa shape index (κ3) is 9.52. The van der Waals surface area contributed by atoms with Crippen LogP contribution in [0.5, 0.6) is 0 Å². The number of carbonyl (C=O) groups excluding carboxylic acids is 1. The van der Waals surface area contributed by atoms with Crippen molar-refractivity contribution in [3.05, 3.63) is 50.1 Å². The molecule has 0 N–H and O–H groups in total. The number of ether oxygens (including phenoxy) is 4. The van der Waals surface area contributed by atoms with Crippen molar-refractivity contribution in [3.63, 3.8) is 0 Å². The molecule has 0 aromatic heterocycles. The van der Waals surface area contributed by atoms with Crippen LogP contribution >= 0.6 is 0 Å². The number of esters is 1. The monoisotopic (exact) mass is 558 g/mol. The summed E-state index contributed by atoms with van der Waals surface area (Å²) >= 11 is 0. The molecule has 0 bridgehead atoms. The highest BCUT2D eigenvalue weighted by molar-refractivity contribution is 5.83. The van der Waals surface area contributed by atoms with Crippen molar-refractivity contribution in [3.8, 4) is 0 Å². The van der Waals surface area contributed by atoms with Gasteiger partial charge in [-0.1, -0.05) is 18.2 Å². The van der Waals surface area contributed by atoms with Gasteiger partial charge in [0.25, 0.3) is 5.92 Å². The van der Waals surface area contributed by atoms with E-state index in [1.807, 2.05) is 0 Å². The van der Waals surface area contributed by atoms with Crippen molar-refractivity contribution in [1.29, 1.82) is 0 Å². The van der Waals surface area contributed by atoms with Gasteiger partial charge < -0.3 is 18.9 Å². The second kappa shape index (κ2) is 14.8. The quantitative estimate of drug-likeness (QED) is 0.0583. The minimum absolute atomic E-state index is 0.0732. The Morgan fingerprint density at radius 2 is 1.61 bits per heavy atom. The van der Waals surface area contributed by atoms with Crippen LogP contribution < -0.4 is 0 Å². The number of cyclic esters (lactones) is 1. The van der Waals surface area contributed by atoms with Crippen LogP contribution in [0.4, 0.5) is 17.6 Å². The van der Waals surface area contributed by atoms with E-state index < -0.39 is 74.9 Å². The average Bonchev–Trinajstić information content (AvgIpc) is 2.86. The predicted molar refractivity (Wildman–Crippen MR) is 119 cm³/mol. The number of hydrogen-bond acceptors (Lipinski definition) is 11. The first-order chi connectivity index (χ1) is 18.0. The molecule has 0 amide bonds. The Morgan fingerprint density at radius 3 is 2.24 bits per heavy atom. The van der Waals surface area contributed by atoms with Crippen LogP contribution in [-0.4, -0.2) is 94.8 Å². The SMILES string of the molecule is C=CCOOCC1(OOCC=C)COCC(F)(F)C1OC(F)(F)COCC1(OOCC=C)C=CC(=O)OC1. The smallest absolute Gasteiger partial charge is 0.379 e. The van der Waals surface area contributed by atoms with E-state index in [0.29, 0.717) is 0 Å². The fourth-order valence-electron chi connectivity index (χ4n) is 3.16. The number of carbonyl (C=O) groups is 1. The van der Waals surface area contributed by atoms with Crippen molar-refractivity contribution in [2.24, 2.45) is 0 Å². The fraction of sp³-hybridized carbons (Fsp3) is 0.609. The molecule has 2 heterocycles. The zero-order chi connectivity index (χ0) is 28.1. The molecule has 0 aromatic carbocycles. The molecule has 1 fully saturated rings. The Balaban J connectivity index is 2.14. The Morgan fingerprint density at radius 1 is 0.947 bits per heavy atom. The van der Waals surface area contributed by atoms with Gasteiger partial charge in [0, 0.05) is 6.08 Å². The van der Waals surface area contributed by atoms with Crippen molar-refractivity contribution in [2.75, 3.05) is 59.5 Å². The maximum atomic E-state index is 14.9. The summed E-state index contributed by atoms with van der Waals surface area (Å²) < 4.78 is 78.8. The summed E-state index contributed by atoms with van der Waals surface area (Å²) in [7, 11) is 0. The second-order valence-electron chi connectivity index (χ2n) is 8.10. The molecule has 0 saturated carbocycles. The Labute approximate surface area is 216 Å². The first-order valence-corrected chi connectivity index (χ1v) is 11.2. The molecule has 38 heavy (non-hydrogen) atoms.